The highest BCUT2D eigenvalue weighted by atomic mass is 32.2. The quantitative estimate of drug-likeness (QED) is 0.739. The number of aryl methyl sites for hydroxylation is 1. The van der Waals surface area contributed by atoms with Gasteiger partial charge in [0.05, 0.1) is 6.54 Å². The first kappa shape index (κ1) is 21.7. The molecule has 0 aliphatic carbocycles. The zero-order chi connectivity index (χ0) is 21.7. The minimum atomic E-state index is -3.49. The molecule has 4 rings (SSSR count). The predicted molar refractivity (Wildman–Crippen MR) is 118 cm³/mol. The highest BCUT2D eigenvalue weighted by Crippen LogP contribution is 2.21. The minimum Gasteiger partial charge on any atom is -0.349 e. The van der Waals surface area contributed by atoms with Crippen molar-refractivity contribution in [2.75, 3.05) is 13.1 Å². The Morgan fingerprint density at radius 3 is 2.61 bits per heavy atom. The lowest BCUT2D eigenvalue weighted by Crippen LogP contribution is -2.42. The van der Waals surface area contributed by atoms with Gasteiger partial charge in [-0.1, -0.05) is 36.8 Å². The smallest absolute Gasteiger partial charge is 0.236 e. The van der Waals surface area contributed by atoms with Gasteiger partial charge >= 0.3 is 0 Å². The molecule has 0 radical (unpaired) electrons. The molecule has 0 atom stereocenters. The van der Waals surface area contributed by atoms with Crippen molar-refractivity contribution < 1.29 is 13.2 Å². The molecule has 1 aromatic carbocycles. The Bertz CT molecular complexity index is 1020. The summed E-state index contributed by atoms with van der Waals surface area (Å²) in [4.78, 5) is 12.6. The van der Waals surface area contributed by atoms with Crippen molar-refractivity contribution in [3.8, 4) is 0 Å². The predicted octanol–water partition coefficient (Wildman–Crippen LogP) is 2.33. The summed E-state index contributed by atoms with van der Waals surface area (Å²) in [6.07, 6.45) is 7.01. The number of carbonyl (C=O) groups excluding carboxylic acids is 1. The number of fused-ring (bicyclic) bond motifs is 1. The SMILES string of the molecule is O=C(NCc1nnc2n1CCCCC2)C1CCN(S(=O)(=O)/C=C/c2ccccc2)CC1. The Balaban J connectivity index is 1.28. The van der Waals surface area contributed by atoms with Gasteiger partial charge in [0.15, 0.2) is 5.82 Å². The lowest BCUT2D eigenvalue weighted by molar-refractivity contribution is -0.126. The molecule has 166 valence electrons. The average molecular weight is 444 g/mol. The molecule has 1 saturated heterocycles. The largest absolute Gasteiger partial charge is 0.349 e. The maximum Gasteiger partial charge on any atom is 0.236 e. The molecule has 9 heteroatoms. The number of sulfonamides is 1. The summed E-state index contributed by atoms with van der Waals surface area (Å²) in [5, 5.41) is 12.7. The molecule has 0 bridgehead atoms. The molecule has 0 saturated carbocycles. The van der Waals surface area contributed by atoms with Crippen LogP contribution >= 0.6 is 0 Å². The summed E-state index contributed by atoms with van der Waals surface area (Å²) < 4.78 is 28.8. The monoisotopic (exact) mass is 443 g/mol. The lowest BCUT2D eigenvalue weighted by atomic mass is 9.97. The van der Waals surface area contributed by atoms with Crippen molar-refractivity contribution in [3.63, 3.8) is 0 Å². The van der Waals surface area contributed by atoms with Crippen molar-refractivity contribution >= 4 is 22.0 Å². The van der Waals surface area contributed by atoms with E-state index in [-0.39, 0.29) is 11.8 Å². The van der Waals surface area contributed by atoms with Crippen LogP contribution in [-0.2, 0) is 34.3 Å². The topological polar surface area (TPSA) is 97.2 Å². The van der Waals surface area contributed by atoms with E-state index in [0.717, 1.165) is 43.0 Å². The number of amides is 1. The van der Waals surface area contributed by atoms with Crippen molar-refractivity contribution in [2.45, 2.75) is 51.6 Å². The van der Waals surface area contributed by atoms with Gasteiger partial charge in [0.1, 0.15) is 5.82 Å². The second kappa shape index (κ2) is 9.74. The first-order valence-electron chi connectivity index (χ1n) is 10.9. The molecule has 1 aromatic heterocycles. The van der Waals surface area contributed by atoms with E-state index in [1.165, 1.54) is 16.1 Å². The number of benzene rings is 1. The number of nitrogens with one attached hydrogen (secondary N) is 1. The summed E-state index contributed by atoms with van der Waals surface area (Å²) in [5.41, 5.74) is 0.840. The van der Waals surface area contributed by atoms with Crippen LogP contribution in [0.25, 0.3) is 6.08 Å². The third-order valence-corrected chi connectivity index (χ3v) is 7.59. The van der Waals surface area contributed by atoms with E-state index < -0.39 is 10.0 Å². The summed E-state index contributed by atoms with van der Waals surface area (Å²) in [5.74, 6) is 1.58. The van der Waals surface area contributed by atoms with Crippen LogP contribution in [0.1, 0.15) is 49.3 Å². The highest BCUT2D eigenvalue weighted by molar-refractivity contribution is 7.92. The Morgan fingerprint density at radius 1 is 1.06 bits per heavy atom. The van der Waals surface area contributed by atoms with Crippen molar-refractivity contribution in [2.24, 2.45) is 5.92 Å². The zero-order valence-electron chi connectivity index (χ0n) is 17.6. The Hall–Kier alpha value is -2.52. The molecular weight excluding hydrogens is 414 g/mol. The van der Waals surface area contributed by atoms with E-state index >= 15 is 0 Å². The fraction of sp³-hybridized carbons (Fsp3) is 0.500. The van der Waals surface area contributed by atoms with Gasteiger partial charge in [-0.15, -0.1) is 10.2 Å². The molecule has 2 aliphatic heterocycles. The number of aromatic nitrogens is 3. The summed E-state index contributed by atoms with van der Waals surface area (Å²) in [6.45, 7) is 1.96. The van der Waals surface area contributed by atoms with Gasteiger partial charge in [-0.2, -0.15) is 4.31 Å². The molecule has 2 aromatic rings. The maximum absolute atomic E-state index is 12.6. The second-order valence-corrected chi connectivity index (χ2v) is 9.96. The zero-order valence-corrected chi connectivity index (χ0v) is 18.4. The molecule has 8 nitrogen and oxygen atoms in total. The fourth-order valence-corrected chi connectivity index (χ4v) is 5.39. The molecule has 0 spiro atoms. The van der Waals surface area contributed by atoms with E-state index in [1.54, 1.807) is 6.08 Å². The second-order valence-electron chi connectivity index (χ2n) is 8.14. The molecule has 2 aliphatic rings. The van der Waals surface area contributed by atoms with Crippen LogP contribution in [0.2, 0.25) is 0 Å². The molecule has 1 fully saturated rings. The van der Waals surface area contributed by atoms with E-state index in [4.69, 9.17) is 0 Å². The number of nitrogens with zero attached hydrogens (tertiary/aromatic N) is 4. The normalized spacial score (nSPS) is 18.6. The number of carbonyl (C=O) groups is 1. The maximum atomic E-state index is 12.6. The van der Waals surface area contributed by atoms with Gasteiger partial charge in [0, 0.05) is 37.4 Å². The fourth-order valence-electron chi connectivity index (χ4n) is 4.17. The van der Waals surface area contributed by atoms with E-state index in [0.29, 0.717) is 32.5 Å². The summed E-state index contributed by atoms with van der Waals surface area (Å²) >= 11 is 0. The lowest BCUT2D eigenvalue weighted by Gasteiger charge is -2.29. The third kappa shape index (κ3) is 5.40. The van der Waals surface area contributed by atoms with E-state index in [1.807, 2.05) is 30.3 Å². The molecular formula is C22H29N5O3S. The number of hydrogen-bond donors (Lipinski definition) is 1. The number of piperidine rings is 1. The third-order valence-electron chi connectivity index (χ3n) is 6.02. The molecule has 1 amide bonds. The summed E-state index contributed by atoms with van der Waals surface area (Å²) in [6, 6.07) is 9.34. The Kier molecular flexibility index (Phi) is 6.82. The first-order chi connectivity index (χ1) is 15.0. The molecule has 1 N–H and O–H groups in total. The van der Waals surface area contributed by atoms with Crippen LogP contribution in [-0.4, -0.2) is 46.5 Å². The summed E-state index contributed by atoms with van der Waals surface area (Å²) in [7, 11) is -3.49. The minimum absolute atomic E-state index is 0.0390. The van der Waals surface area contributed by atoms with Crippen LogP contribution in [0.3, 0.4) is 0 Å². The van der Waals surface area contributed by atoms with Crippen LogP contribution in [0.4, 0.5) is 0 Å². The standard InChI is InChI=1S/C22H29N5O3S/c28-22(23-17-21-25-24-20-9-5-2-6-13-27(20)21)19-10-14-26(15-11-19)31(29,30)16-12-18-7-3-1-4-8-18/h1,3-4,7-8,12,16,19H,2,5-6,9-11,13-15,17H2,(H,23,28)/b16-12+. The van der Waals surface area contributed by atoms with Gasteiger partial charge in [-0.25, -0.2) is 8.42 Å². The van der Waals surface area contributed by atoms with Crippen molar-refractivity contribution in [1.82, 2.24) is 24.4 Å². The van der Waals surface area contributed by atoms with E-state index in [9.17, 15) is 13.2 Å². The van der Waals surface area contributed by atoms with Gasteiger partial charge in [-0.05, 0) is 37.3 Å². The molecule has 31 heavy (non-hydrogen) atoms. The Morgan fingerprint density at radius 2 is 1.84 bits per heavy atom. The van der Waals surface area contributed by atoms with Crippen molar-refractivity contribution in [3.05, 3.63) is 53.0 Å². The molecule has 3 heterocycles. The average Bonchev–Trinajstić information content (AvgIpc) is 3.02. The van der Waals surface area contributed by atoms with Crippen LogP contribution in [0.5, 0.6) is 0 Å². The van der Waals surface area contributed by atoms with Gasteiger partial charge < -0.3 is 9.88 Å². The van der Waals surface area contributed by atoms with Crippen LogP contribution in [0, 0.1) is 5.92 Å². The van der Waals surface area contributed by atoms with Crippen LogP contribution in [0.15, 0.2) is 35.7 Å². The van der Waals surface area contributed by atoms with Crippen molar-refractivity contribution in [1.29, 1.82) is 0 Å². The highest BCUT2D eigenvalue weighted by Gasteiger charge is 2.30. The first-order valence-corrected chi connectivity index (χ1v) is 12.5. The van der Waals surface area contributed by atoms with Gasteiger partial charge in [-0.3, -0.25) is 4.79 Å². The number of rotatable bonds is 6. The Labute approximate surface area is 183 Å². The van der Waals surface area contributed by atoms with E-state index in [2.05, 4.69) is 20.1 Å². The number of hydrogen-bond acceptors (Lipinski definition) is 5. The van der Waals surface area contributed by atoms with Gasteiger partial charge in [0.2, 0.25) is 15.9 Å². The van der Waals surface area contributed by atoms with Gasteiger partial charge in [0.25, 0.3) is 0 Å². The molecule has 0 unspecified atom stereocenters. The van der Waals surface area contributed by atoms with Crippen LogP contribution < -0.4 is 5.32 Å².